The molecule has 1 aromatic rings. The quantitative estimate of drug-likeness (QED) is 0.824. The number of carbonyl (C=O) groups excluding carboxylic acids is 1. The van der Waals surface area contributed by atoms with Crippen LogP contribution in [0.15, 0.2) is 11.4 Å². The number of carbonyl (C=O) groups is 1. The molecule has 102 valence electrons. The highest BCUT2D eigenvalue weighted by molar-refractivity contribution is 7.10. The molecule has 4 heteroatoms. The molecule has 0 aliphatic rings. The molecule has 0 aliphatic heterocycles. The number of amides is 1. The van der Waals surface area contributed by atoms with E-state index < -0.39 is 0 Å². The molecule has 1 heterocycles. The van der Waals surface area contributed by atoms with Crippen molar-refractivity contribution in [3.05, 3.63) is 21.9 Å². The van der Waals surface area contributed by atoms with Gasteiger partial charge in [0.25, 0.3) is 0 Å². The Hall–Kier alpha value is -0.870. The van der Waals surface area contributed by atoms with Gasteiger partial charge in [-0.2, -0.15) is 0 Å². The maximum absolute atomic E-state index is 12.1. The van der Waals surface area contributed by atoms with Crippen molar-refractivity contribution < 1.29 is 4.79 Å². The molecule has 0 radical (unpaired) electrons. The first kappa shape index (κ1) is 15.2. The lowest BCUT2D eigenvalue weighted by molar-refractivity contribution is -0.132. The van der Waals surface area contributed by atoms with Crippen LogP contribution in [0.3, 0.4) is 0 Å². The zero-order chi connectivity index (χ0) is 13.5. The van der Waals surface area contributed by atoms with Crippen LogP contribution in [0.5, 0.6) is 0 Å². The first-order chi connectivity index (χ1) is 8.63. The Labute approximate surface area is 114 Å². The molecule has 1 rings (SSSR count). The SMILES string of the molecule is CCc1ccsc1CNC(C)C(=O)N(CC)CC. The van der Waals surface area contributed by atoms with Gasteiger partial charge in [-0.15, -0.1) is 11.3 Å². The predicted octanol–water partition coefficient (Wildman–Crippen LogP) is 2.66. The number of nitrogens with zero attached hydrogens (tertiary/aromatic N) is 1. The minimum atomic E-state index is -0.114. The van der Waals surface area contributed by atoms with E-state index in [1.54, 1.807) is 11.3 Å². The molecule has 0 bridgehead atoms. The van der Waals surface area contributed by atoms with Crippen LogP contribution in [0, 0.1) is 0 Å². The highest BCUT2D eigenvalue weighted by Crippen LogP contribution is 2.17. The van der Waals surface area contributed by atoms with E-state index in [0.717, 1.165) is 26.1 Å². The summed E-state index contributed by atoms with van der Waals surface area (Å²) in [5.41, 5.74) is 1.38. The molecule has 1 aromatic heterocycles. The average Bonchev–Trinajstić information content (AvgIpc) is 2.84. The fourth-order valence-corrected chi connectivity index (χ4v) is 2.91. The summed E-state index contributed by atoms with van der Waals surface area (Å²) in [6, 6.07) is 2.05. The normalized spacial score (nSPS) is 12.4. The van der Waals surface area contributed by atoms with Crippen LogP contribution in [0.2, 0.25) is 0 Å². The fraction of sp³-hybridized carbons (Fsp3) is 0.643. The van der Waals surface area contributed by atoms with Crippen molar-refractivity contribution >= 4 is 17.2 Å². The molecule has 1 N–H and O–H groups in total. The Balaban J connectivity index is 2.50. The third kappa shape index (κ3) is 3.82. The van der Waals surface area contributed by atoms with E-state index in [4.69, 9.17) is 0 Å². The fourth-order valence-electron chi connectivity index (χ4n) is 1.98. The number of likely N-dealkylation sites (N-methyl/N-ethyl adjacent to an activating group) is 1. The number of nitrogens with one attached hydrogen (secondary N) is 1. The summed E-state index contributed by atoms with van der Waals surface area (Å²) in [6.07, 6.45) is 1.05. The van der Waals surface area contributed by atoms with E-state index in [0.29, 0.717) is 0 Å². The summed E-state index contributed by atoms with van der Waals surface area (Å²) in [5, 5.41) is 5.45. The molecule has 0 saturated heterocycles. The largest absolute Gasteiger partial charge is 0.342 e. The lowest BCUT2D eigenvalue weighted by atomic mass is 10.2. The summed E-state index contributed by atoms with van der Waals surface area (Å²) in [4.78, 5) is 15.3. The minimum Gasteiger partial charge on any atom is -0.342 e. The topological polar surface area (TPSA) is 32.3 Å². The van der Waals surface area contributed by atoms with Crippen molar-refractivity contribution in [2.45, 2.75) is 46.7 Å². The van der Waals surface area contributed by atoms with Gasteiger partial charge >= 0.3 is 0 Å². The lowest BCUT2D eigenvalue weighted by Gasteiger charge is -2.23. The summed E-state index contributed by atoms with van der Waals surface area (Å²) in [7, 11) is 0. The van der Waals surface area contributed by atoms with Crippen LogP contribution in [-0.2, 0) is 17.8 Å². The van der Waals surface area contributed by atoms with Gasteiger partial charge in [-0.3, -0.25) is 4.79 Å². The van der Waals surface area contributed by atoms with Gasteiger partial charge in [0.05, 0.1) is 6.04 Å². The smallest absolute Gasteiger partial charge is 0.239 e. The van der Waals surface area contributed by atoms with E-state index in [-0.39, 0.29) is 11.9 Å². The summed E-state index contributed by atoms with van der Waals surface area (Å²) in [6.45, 7) is 10.5. The van der Waals surface area contributed by atoms with Crippen molar-refractivity contribution in [3.63, 3.8) is 0 Å². The molecular weight excluding hydrogens is 244 g/mol. The predicted molar refractivity (Wildman–Crippen MR) is 77.9 cm³/mol. The van der Waals surface area contributed by atoms with Gasteiger partial charge in [-0.05, 0) is 44.2 Å². The highest BCUT2D eigenvalue weighted by Gasteiger charge is 2.17. The van der Waals surface area contributed by atoms with Gasteiger partial charge in [0.15, 0.2) is 0 Å². The van der Waals surface area contributed by atoms with Crippen molar-refractivity contribution in [1.82, 2.24) is 10.2 Å². The lowest BCUT2D eigenvalue weighted by Crippen LogP contribution is -2.44. The molecule has 1 amide bonds. The Morgan fingerprint density at radius 3 is 2.61 bits per heavy atom. The number of hydrogen-bond donors (Lipinski definition) is 1. The van der Waals surface area contributed by atoms with Crippen LogP contribution >= 0.6 is 11.3 Å². The second kappa shape index (κ2) is 7.54. The zero-order valence-corrected chi connectivity index (χ0v) is 12.6. The van der Waals surface area contributed by atoms with Crippen molar-refractivity contribution in [2.75, 3.05) is 13.1 Å². The molecule has 0 aliphatic carbocycles. The Kier molecular flexibility index (Phi) is 6.36. The molecule has 3 nitrogen and oxygen atoms in total. The van der Waals surface area contributed by atoms with E-state index in [2.05, 4.69) is 23.7 Å². The maximum atomic E-state index is 12.1. The average molecular weight is 268 g/mol. The molecule has 0 saturated carbocycles. The van der Waals surface area contributed by atoms with E-state index in [1.807, 2.05) is 25.7 Å². The van der Waals surface area contributed by atoms with Crippen LogP contribution in [0.25, 0.3) is 0 Å². The third-order valence-electron chi connectivity index (χ3n) is 3.23. The van der Waals surface area contributed by atoms with Crippen molar-refractivity contribution in [2.24, 2.45) is 0 Å². The molecule has 0 fully saturated rings. The number of rotatable bonds is 7. The second-order valence-corrected chi connectivity index (χ2v) is 5.34. The van der Waals surface area contributed by atoms with Crippen LogP contribution in [0.1, 0.15) is 38.1 Å². The minimum absolute atomic E-state index is 0.114. The molecule has 0 spiro atoms. The van der Waals surface area contributed by atoms with E-state index in [1.165, 1.54) is 10.4 Å². The standard InChI is InChI=1S/C14H24N2OS/c1-5-12-8-9-18-13(12)10-15-11(4)14(17)16(6-2)7-3/h8-9,11,15H,5-7,10H2,1-4H3. The Bertz CT molecular complexity index is 372. The highest BCUT2D eigenvalue weighted by atomic mass is 32.1. The van der Waals surface area contributed by atoms with Crippen LogP contribution in [0.4, 0.5) is 0 Å². The van der Waals surface area contributed by atoms with Crippen LogP contribution in [-0.4, -0.2) is 29.9 Å². The Morgan fingerprint density at radius 2 is 2.06 bits per heavy atom. The first-order valence-electron chi connectivity index (χ1n) is 6.71. The first-order valence-corrected chi connectivity index (χ1v) is 7.59. The second-order valence-electron chi connectivity index (χ2n) is 4.34. The van der Waals surface area contributed by atoms with Crippen molar-refractivity contribution in [3.8, 4) is 0 Å². The summed E-state index contributed by atoms with van der Waals surface area (Å²) in [5.74, 6) is 0.189. The Morgan fingerprint density at radius 1 is 1.39 bits per heavy atom. The van der Waals surface area contributed by atoms with Crippen molar-refractivity contribution in [1.29, 1.82) is 0 Å². The van der Waals surface area contributed by atoms with Gasteiger partial charge in [-0.1, -0.05) is 6.92 Å². The van der Waals surface area contributed by atoms with Gasteiger partial charge in [0, 0.05) is 24.5 Å². The number of aryl methyl sites for hydroxylation is 1. The van der Waals surface area contributed by atoms with Gasteiger partial charge < -0.3 is 10.2 Å². The van der Waals surface area contributed by atoms with Gasteiger partial charge in [-0.25, -0.2) is 0 Å². The van der Waals surface area contributed by atoms with E-state index in [9.17, 15) is 4.79 Å². The molecule has 18 heavy (non-hydrogen) atoms. The summed E-state index contributed by atoms with van der Waals surface area (Å²) < 4.78 is 0. The third-order valence-corrected chi connectivity index (χ3v) is 4.20. The molecular formula is C14H24N2OS. The number of hydrogen-bond acceptors (Lipinski definition) is 3. The summed E-state index contributed by atoms with van der Waals surface area (Å²) >= 11 is 1.76. The monoisotopic (exact) mass is 268 g/mol. The zero-order valence-electron chi connectivity index (χ0n) is 11.8. The van der Waals surface area contributed by atoms with Gasteiger partial charge in [0.1, 0.15) is 0 Å². The molecule has 1 atom stereocenters. The van der Waals surface area contributed by atoms with Crippen LogP contribution < -0.4 is 5.32 Å². The molecule has 0 aromatic carbocycles. The number of thiophene rings is 1. The maximum Gasteiger partial charge on any atom is 0.239 e. The van der Waals surface area contributed by atoms with Gasteiger partial charge in [0.2, 0.25) is 5.91 Å². The molecule has 1 unspecified atom stereocenters. The van der Waals surface area contributed by atoms with E-state index >= 15 is 0 Å².